The van der Waals surface area contributed by atoms with Crippen LogP contribution < -0.4 is 5.32 Å². The minimum atomic E-state index is -0.287. The molecule has 1 aliphatic heterocycles. The third-order valence-corrected chi connectivity index (χ3v) is 3.52. The molecule has 2 heterocycles. The Labute approximate surface area is 121 Å². The molecule has 1 N–H and O–H groups in total. The Morgan fingerprint density at radius 3 is 2.84 bits per heavy atom. The summed E-state index contributed by atoms with van der Waals surface area (Å²) in [5, 5.41) is 3.17. The van der Waals surface area contributed by atoms with Crippen molar-refractivity contribution in [3.8, 4) is 0 Å². The van der Waals surface area contributed by atoms with Gasteiger partial charge in [0.25, 0.3) is 0 Å². The summed E-state index contributed by atoms with van der Waals surface area (Å²) in [6.45, 7) is 6.39. The first-order chi connectivity index (χ1) is 9.08. The van der Waals surface area contributed by atoms with E-state index < -0.39 is 0 Å². The summed E-state index contributed by atoms with van der Waals surface area (Å²) < 4.78 is 6.18. The third kappa shape index (κ3) is 3.67. The minimum absolute atomic E-state index is 0.0902. The van der Waals surface area contributed by atoms with Gasteiger partial charge in [-0.1, -0.05) is 0 Å². The molecule has 6 heteroatoms. The van der Waals surface area contributed by atoms with Crippen molar-refractivity contribution < 1.29 is 9.53 Å². The lowest BCUT2D eigenvalue weighted by atomic mass is 10.2. The number of ether oxygens (including phenoxy) is 1. The van der Waals surface area contributed by atoms with E-state index >= 15 is 0 Å². The molecule has 1 aliphatic rings. The number of nitrogens with one attached hydrogen (secondary N) is 1. The standard InChI is InChI=1S/C13H18BrN3O2/c1-9-7-11(14)8-15-12(9)16-10(2)13(18)17-3-5-19-6-4-17/h7-8,10H,3-6H2,1-2H3,(H,15,16). The summed E-state index contributed by atoms with van der Waals surface area (Å²) in [7, 11) is 0. The first-order valence-electron chi connectivity index (χ1n) is 6.33. The molecule has 1 saturated heterocycles. The number of rotatable bonds is 3. The van der Waals surface area contributed by atoms with Gasteiger partial charge in [-0.2, -0.15) is 0 Å². The topological polar surface area (TPSA) is 54.5 Å². The number of carbonyl (C=O) groups excluding carboxylic acids is 1. The van der Waals surface area contributed by atoms with Crippen molar-refractivity contribution in [2.75, 3.05) is 31.6 Å². The van der Waals surface area contributed by atoms with Gasteiger partial charge >= 0.3 is 0 Å². The van der Waals surface area contributed by atoms with Crippen LogP contribution in [0.1, 0.15) is 12.5 Å². The molecule has 1 aromatic heterocycles. The van der Waals surface area contributed by atoms with Crippen LogP contribution in [-0.4, -0.2) is 48.1 Å². The lowest BCUT2D eigenvalue weighted by molar-refractivity contribution is -0.135. The van der Waals surface area contributed by atoms with E-state index in [1.165, 1.54) is 0 Å². The van der Waals surface area contributed by atoms with E-state index in [0.29, 0.717) is 26.3 Å². The van der Waals surface area contributed by atoms with E-state index in [1.807, 2.05) is 24.8 Å². The number of pyridine rings is 1. The Morgan fingerprint density at radius 2 is 2.21 bits per heavy atom. The average Bonchev–Trinajstić information content (AvgIpc) is 2.42. The van der Waals surface area contributed by atoms with Gasteiger partial charge in [-0.05, 0) is 41.4 Å². The van der Waals surface area contributed by atoms with Crippen LogP contribution in [0.2, 0.25) is 0 Å². The minimum Gasteiger partial charge on any atom is -0.378 e. The second-order valence-electron chi connectivity index (χ2n) is 4.62. The molecular formula is C13H18BrN3O2. The van der Waals surface area contributed by atoms with Crippen molar-refractivity contribution in [3.05, 3.63) is 22.3 Å². The van der Waals surface area contributed by atoms with Gasteiger partial charge in [0.2, 0.25) is 5.91 Å². The van der Waals surface area contributed by atoms with Crippen LogP contribution in [0, 0.1) is 6.92 Å². The SMILES string of the molecule is Cc1cc(Br)cnc1NC(C)C(=O)N1CCOCC1. The fourth-order valence-corrected chi connectivity index (χ4v) is 2.46. The number of anilines is 1. The predicted octanol–water partition coefficient (Wildman–Crippen LogP) is 1.81. The van der Waals surface area contributed by atoms with Crippen LogP contribution in [0.25, 0.3) is 0 Å². The zero-order valence-corrected chi connectivity index (χ0v) is 12.7. The van der Waals surface area contributed by atoms with Crippen LogP contribution in [0.4, 0.5) is 5.82 Å². The van der Waals surface area contributed by atoms with Crippen molar-refractivity contribution in [2.45, 2.75) is 19.9 Å². The quantitative estimate of drug-likeness (QED) is 0.920. The Hall–Kier alpha value is -1.14. The normalized spacial score (nSPS) is 17.1. The molecule has 1 atom stereocenters. The maximum atomic E-state index is 12.3. The van der Waals surface area contributed by atoms with E-state index in [2.05, 4.69) is 26.2 Å². The highest BCUT2D eigenvalue weighted by molar-refractivity contribution is 9.10. The van der Waals surface area contributed by atoms with Gasteiger partial charge in [-0.3, -0.25) is 4.79 Å². The van der Waals surface area contributed by atoms with Crippen LogP contribution in [-0.2, 0) is 9.53 Å². The molecule has 1 unspecified atom stereocenters. The molecule has 0 aliphatic carbocycles. The van der Waals surface area contributed by atoms with Gasteiger partial charge in [0.1, 0.15) is 11.9 Å². The number of halogens is 1. The number of morpholine rings is 1. The maximum absolute atomic E-state index is 12.3. The van der Waals surface area contributed by atoms with E-state index in [4.69, 9.17) is 4.74 Å². The number of hydrogen-bond donors (Lipinski definition) is 1. The molecule has 0 spiro atoms. The zero-order chi connectivity index (χ0) is 13.8. The molecule has 0 radical (unpaired) electrons. The molecular weight excluding hydrogens is 310 g/mol. The number of nitrogens with zero attached hydrogens (tertiary/aromatic N) is 2. The molecule has 1 amide bonds. The lowest BCUT2D eigenvalue weighted by Crippen LogP contribution is -2.47. The first kappa shape index (κ1) is 14.3. The number of aryl methyl sites for hydroxylation is 1. The van der Waals surface area contributed by atoms with E-state index in [9.17, 15) is 4.79 Å². The largest absolute Gasteiger partial charge is 0.378 e. The number of aromatic nitrogens is 1. The Balaban J connectivity index is 1.99. The number of carbonyl (C=O) groups is 1. The highest BCUT2D eigenvalue weighted by Crippen LogP contribution is 2.17. The summed E-state index contributed by atoms with van der Waals surface area (Å²) >= 11 is 3.37. The van der Waals surface area contributed by atoms with Gasteiger partial charge in [0.15, 0.2) is 0 Å². The summed E-state index contributed by atoms with van der Waals surface area (Å²) in [6, 6.07) is 1.69. The van der Waals surface area contributed by atoms with Gasteiger partial charge < -0.3 is 15.0 Å². The maximum Gasteiger partial charge on any atom is 0.244 e. The Morgan fingerprint density at radius 1 is 1.53 bits per heavy atom. The van der Waals surface area contributed by atoms with Gasteiger partial charge in [0, 0.05) is 23.8 Å². The van der Waals surface area contributed by atoms with Crippen LogP contribution in [0.15, 0.2) is 16.7 Å². The summed E-state index contributed by atoms with van der Waals surface area (Å²) in [4.78, 5) is 18.4. The second-order valence-corrected chi connectivity index (χ2v) is 5.54. The molecule has 104 valence electrons. The first-order valence-corrected chi connectivity index (χ1v) is 7.12. The van der Waals surface area contributed by atoms with Crippen molar-refractivity contribution in [1.82, 2.24) is 9.88 Å². The van der Waals surface area contributed by atoms with Crippen molar-refractivity contribution >= 4 is 27.7 Å². The van der Waals surface area contributed by atoms with Crippen molar-refractivity contribution in [3.63, 3.8) is 0 Å². The average molecular weight is 328 g/mol. The molecule has 19 heavy (non-hydrogen) atoms. The summed E-state index contributed by atoms with van der Waals surface area (Å²) in [6.07, 6.45) is 1.72. The molecule has 0 aromatic carbocycles. The van der Waals surface area contributed by atoms with Gasteiger partial charge in [-0.25, -0.2) is 4.98 Å². The fraction of sp³-hybridized carbons (Fsp3) is 0.538. The van der Waals surface area contributed by atoms with Crippen LogP contribution >= 0.6 is 15.9 Å². The number of hydrogen-bond acceptors (Lipinski definition) is 4. The van der Waals surface area contributed by atoms with Crippen molar-refractivity contribution in [2.24, 2.45) is 0 Å². The van der Waals surface area contributed by atoms with Crippen LogP contribution in [0.5, 0.6) is 0 Å². The summed E-state index contributed by atoms with van der Waals surface area (Å²) in [5.74, 6) is 0.838. The monoisotopic (exact) mass is 327 g/mol. The smallest absolute Gasteiger partial charge is 0.244 e. The molecule has 5 nitrogen and oxygen atoms in total. The third-order valence-electron chi connectivity index (χ3n) is 3.09. The lowest BCUT2D eigenvalue weighted by Gasteiger charge is -2.29. The van der Waals surface area contributed by atoms with Gasteiger partial charge in [-0.15, -0.1) is 0 Å². The summed E-state index contributed by atoms with van der Waals surface area (Å²) in [5.41, 5.74) is 1.01. The van der Waals surface area contributed by atoms with E-state index in [-0.39, 0.29) is 11.9 Å². The van der Waals surface area contributed by atoms with Gasteiger partial charge in [0.05, 0.1) is 13.2 Å². The van der Waals surface area contributed by atoms with E-state index in [0.717, 1.165) is 15.9 Å². The number of amides is 1. The highest BCUT2D eigenvalue weighted by atomic mass is 79.9. The second kappa shape index (κ2) is 6.34. The Kier molecular flexibility index (Phi) is 4.76. The van der Waals surface area contributed by atoms with E-state index in [1.54, 1.807) is 6.20 Å². The molecule has 1 fully saturated rings. The Bertz CT molecular complexity index is 461. The predicted molar refractivity (Wildman–Crippen MR) is 77.2 cm³/mol. The molecule has 1 aromatic rings. The molecule has 0 saturated carbocycles. The molecule has 0 bridgehead atoms. The molecule has 2 rings (SSSR count). The van der Waals surface area contributed by atoms with Crippen LogP contribution in [0.3, 0.4) is 0 Å². The fourth-order valence-electron chi connectivity index (χ4n) is 2.02. The zero-order valence-electron chi connectivity index (χ0n) is 11.1. The highest BCUT2D eigenvalue weighted by Gasteiger charge is 2.22. The van der Waals surface area contributed by atoms with Crippen molar-refractivity contribution in [1.29, 1.82) is 0 Å².